The lowest BCUT2D eigenvalue weighted by atomic mass is 9.99. The van der Waals surface area contributed by atoms with Crippen molar-refractivity contribution in [1.29, 1.82) is 0 Å². The molecule has 6 nitrogen and oxygen atoms in total. The molecular weight excluding hydrogens is 404 g/mol. The minimum atomic E-state index is 0.193. The summed E-state index contributed by atoms with van der Waals surface area (Å²) in [5.74, 6) is 2.86. The molecule has 0 unspecified atom stereocenters. The van der Waals surface area contributed by atoms with E-state index in [1.54, 1.807) is 21.3 Å². The van der Waals surface area contributed by atoms with E-state index in [-0.39, 0.29) is 11.9 Å². The summed E-state index contributed by atoms with van der Waals surface area (Å²) in [6.45, 7) is 6.83. The van der Waals surface area contributed by atoms with Crippen molar-refractivity contribution >= 4 is 11.6 Å². The zero-order chi connectivity index (χ0) is 23.1. The topological polar surface area (TPSA) is 51.2 Å². The Morgan fingerprint density at radius 1 is 1.00 bits per heavy atom. The lowest BCUT2D eigenvalue weighted by molar-refractivity contribution is -0.120. The first-order valence-corrected chi connectivity index (χ1v) is 11.3. The van der Waals surface area contributed by atoms with Crippen LogP contribution in [0.15, 0.2) is 42.5 Å². The van der Waals surface area contributed by atoms with Gasteiger partial charge < -0.3 is 19.1 Å². The number of carbonyl (C=O) groups is 1. The van der Waals surface area contributed by atoms with Crippen LogP contribution in [-0.4, -0.2) is 51.3 Å². The second-order valence-corrected chi connectivity index (χ2v) is 8.72. The van der Waals surface area contributed by atoms with Crippen LogP contribution in [0.3, 0.4) is 0 Å². The number of hydrogen-bond acceptors (Lipinski definition) is 5. The van der Waals surface area contributed by atoms with E-state index in [0.717, 1.165) is 61.0 Å². The van der Waals surface area contributed by atoms with Gasteiger partial charge in [-0.15, -0.1) is 0 Å². The van der Waals surface area contributed by atoms with Crippen LogP contribution in [0.4, 0.5) is 5.69 Å². The van der Waals surface area contributed by atoms with Gasteiger partial charge in [0, 0.05) is 43.3 Å². The fourth-order valence-corrected chi connectivity index (χ4v) is 4.40. The second-order valence-electron chi connectivity index (χ2n) is 8.72. The fourth-order valence-electron chi connectivity index (χ4n) is 4.40. The number of rotatable bonds is 9. The maximum Gasteiger partial charge on any atom is 0.227 e. The van der Waals surface area contributed by atoms with E-state index in [1.165, 1.54) is 0 Å². The molecule has 0 spiro atoms. The molecule has 2 aromatic carbocycles. The number of para-hydroxylation sites is 1. The molecule has 3 rings (SSSR count). The molecule has 2 aromatic rings. The van der Waals surface area contributed by atoms with E-state index in [0.29, 0.717) is 12.3 Å². The zero-order valence-corrected chi connectivity index (χ0v) is 20.0. The first kappa shape index (κ1) is 23.9. The van der Waals surface area contributed by atoms with Gasteiger partial charge in [0.1, 0.15) is 5.75 Å². The standard InChI is InChI=1S/C26H36N2O4/c1-19(2)17-25(29)28(21-9-11-23(30-3)12-10-21)22-13-15-27(16-14-22)18-20-7-6-8-24(31-4)26(20)32-5/h6-12,19,22H,13-18H2,1-5H3. The molecule has 1 aliphatic heterocycles. The van der Waals surface area contributed by atoms with Crippen molar-refractivity contribution in [1.82, 2.24) is 4.90 Å². The number of hydrogen-bond donors (Lipinski definition) is 0. The molecule has 0 aromatic heterocycles. The van der Waals surface area contributed by atoms with E-state index < -0.39 is 0 Å². The molecule has 0 aliphatic carbocycles. The van der Waals surface area contributed by atoms with Crippen molar-refractivity contribution in [2.75, 3.05) is 39.3 Å². The Kier molecular flexibility index (Phi) is 8.39. The van der Waals surface area contributed by atoms with E-state index in [1.807, 2.05) is 41.3 Å². The third kappa shape index (κ3) is 5.74. The van der Waals surface area contributed by atoms with Crippen LogP contribution in [0.1, 0.15) is 38.7 Å². The lowest BCUT2D eigenvalue weighted by Gasteiger charge is -2.39. The molecule has 6 heteroatoms. The van der Waals surface area contributed by atoms with E-state index in [2.05, 4.69) is 24.8 Å². The summed E-state index contributed by atoms with van der Waals surface area (Å²) in [6, 6.07) is 14.0. The molecule has 1 amide bonds. The van der Waals surface area contributed by atoms with Gasteiger partial charge in [0.05, 0.1) is 21.3 Å². The summed E-state index contributed by atoms with van der Waals surface area (Å²) in [6.07, 6.45) is 2.41. The Balaban J connectivity index is 1.71. The lowest BCUT2D eigenvalue weighted by Crippen LogP contribution is -2.47. The molecule has 0 radical (unpaired) electrons. The maximum absolute atomic E-state index is 13.2. The third-order valence-corrected chi connectivity index (χ3v) is 6.00. The summed E-state index contributed by atoms with van der Waals surface area (Å²) >= 11 is 0. The summed E-state index contributed by atoms with van der Waals surface area (Å²) in [5.41, 5.74) is 2.07. The molecule has 1 heterocycles. The monoisotopic (exact) mass is 440 g/mol. The highest BCUT2D eigenvalue weighted by Crippen LogP contribution is 2.33. The van der Waals surface area contributed by atoms with Crippen molar-refractivity contribution in [3.05, 3.63) is 48.0 Å². The fraction of sp³-hybridized carbons (Fsp3) is 0.500. The third-order valence-electron chi connectivity index (χ3n) is 6.00. The average Bonchev–Trinajstić information content (AvgIpc) is 2.80. The predicted octanol–water partition coefficient (Wildman–Crippen LogP) is 4.76. The van der Waals surface area contributed by atoms with Crippen molar-refractivity contribution in [3.8, 4) is 17.2 Å². The SMILES string of the molecule is COc1ccc(N(C(=O)CC(C)C)C2CCN(Cc3cccc(OC)c3OC)CC2)cc1. The van der Waals surface area contributed by atoms with Crippen LogP contribution >= 0.6 is 0 Å². The molecule has 32 heavy (non-hydrogen) atoms. The Hall–Kier alpha value is -2.73. The number of ether oxygens (including phenoxy) is 3. The van der Waals surface area contributed by atoms with Gasteiger partial charge in [-0.1, -0.05) is 26.0 Å². The number of methoxy groups -OCH3 is 3. The Morgan fingerprint density at radius 3 is 2.25 bits per heavy atom. The highest BCUT2D eigenvalue weighted by atomic mass is 16.5. The molecule has 1 aliphatic rings. The van der Waals surface area contributed by atoms with Gasteiger partial charge in [-0.25, -0.2) is 0 Å². The highest BCUT2D eigenvalue weighted by molar-refractivity contribution is 5.94. The van der Waals surface area contributed by atoms with Gasteiger partial charge in [-0.2, -0.15) is 0 Å². The largest absolute Gasteiger partial charge is 0.497 e. The van der Waals surface area contributed by atoms with Crippen molar-refractivity contribution in [2.24, 2.45) is 5.92 Å². The van der Waals surface area contributed by atoms with Crippen LogP contribution in [0.2, 0.25) is 0 Å². The molecule has 174 valence electrons. The van der Waals surface area contributed by atoms with Gasteiger partial charge in [0.25, 0.3) is 0 Å². The van der Waals surface area contributed by atoms with Gasteiger partial charge in [0.15, 0.2) is 11.5 Å². The van der Waals surface area contributed by atoms with Crippen LogP contribution in [0, 0.1) is 5.92 Å². The van der Waals surface area contributed by atoms with E-state index in [4.69, 9.17) is 14.2 Å². The quantitative estimate of drug-likeness (QED) is 0.563. The summed E-state index contributed by atoms with van der Waals surface area (Å²) in [4.78, 5) is 17.6. The first-order valence-electron chi connectivity index (χ1n) is 11.3. The molecule has 0 N–H and O–H groups in total. The van der Waals surface area contributed by atoms with E-state index in [9.17, 15) is 4.79 Å². The molecule has 1 fully saturated rings. The maximum atomic E-state index is 13.2. The number of nitrogens with zero attached hydrogens (tertiary/aromatic N) is 2. The van der Waals surface area contributed by atoms with Crippen LogP contribution in [0.5, 0.6) is 17.2 Å². The van der Waals surface area contributed by atoms with Gasteiger partial charge in [0.2, 0.25) is 5.91 Å². The number of benzene rings is 2. The molecule has 0 atom stereocenters. The van der Waals surface area contributed by atoms with Crippen LogP contribution < -0.4 is 19.1 Å². The van der Waals surface area contributed by atoms with Crippen LogP contribution in [0.25, 0.3) is 0 Å². The van der Waals surface area contributed by atoms with Gasteiger partial charge in [-0.3, -0.25) is 9.69 Å². The Bertz CT molecular complexity index is 874. The number of amides is 1. The highest BCUT2D eigenvalue weighted by Gasteiger charge is 2.30. The molecular formula is C26H36N2O4. The summed E-state index contributed by atoms with van der Waals surface area (Å²) in [5, 5.41) is 0. The molecule has 0 bridgehead atoms. The number of piperidine rings is 1. The number of carbonyl (C=O) groups excluding carboxylic acids is 1. The Labute approximate surface area is 192 Å². The van der Waals surface area contributed by atoms with E-state index >= 15 is 0 Å². The van der Waals surface area contributed by atoms with Crippen molar-refractivity contribution in [3.63, 3.8) is 0 Å². The first-order chi connectivity index (χ1) is 15.5. The second kappa shape index (κ2) is 11.2. The van der Waals surface area contributed by atoms with Gasteiger partial charge in [-0.05, 0) is 49.1 Å². The number of anilines is 1. The predicted molar refractivity (Wildman–Crippen MR) is 128 cm³/mol. The molecule has 1 saturated heterocycles. The van der Waals surface area contributed by atoms with Crippen LogP contribution in [-0.2, 0) is 11.3 Å². The molecule has 0 saturated carbocycles. The number of likely N-dealkylation sites (tertiary alicyclic amines) is 1. The van der Waals surface area contributed by atoms with Gasteiger partial charge >= 0.3 is 0 Å². The summed E-state index contributed by atoms with van der Waals surface area (Å²) < 4.78 is 16.3. The minimum absolute atomic E-state index is 0.193. The Morgan fingerprint density at radius 2 is 1.69 bits per heavy atom. The summed E-state index contributed by atoms with van der Waals surface area (Å²) in [7, 11) is 5.00. The minimum Gasteiger partial charge on any atom is -0.497 e. The smallest absolute Gasteiger partial charge is 0.227 e. The average molecular weight is 441 g/mol. The normalized spacial score (nSPS) is 14.9. The van der Waals surface area contributed by atoms with Crippen molar-refractivity contribution in [2.45, 2.75) is 45.7 Å². The van der Waals surface area contributed by atoms with Crippen molar-refractivity contribution < 1.29 is 19.0 Å². The zero-order valence-electron chi connectivity index (χ0n) is 20.0.